The molecule has 0 aromatic carbocycles. The number of aryl methyl sites for hydroxylation is 1. The highest BCUT2D eigenvalue weighted by Crippen LogP contribution is 2.11. The second kappa shape index (κ2) is 3.73. The van der Waals surface area contributed by atoms with E-state index in [9.17, 15) is 9.59 Å². The minimum atomic E-state index is -1.58. The number of carboxylic acid groups (broad SMARTS) is 2. The van der Waals surface area contributed by atoms with Crippen molar-refractivity contribution in [1.82, 2.24) is 4.98 Å². The number of carbonyl (C=O) groups is 2. The van der Waals surface area contributed by atoms with Crippen LogP contribution in [0.1, 0.15) is 5.56 Å². The zero-order valence-corrected chi connectivity index (χ0v) is 7.34. The number of pyridine rings is 1. The SMILES string of the molecule is Cc1ccc(N(C(=O)O)C(=O)O)nc1. The minimum Gasteiger partial charge on any atom is -0.464 e. The Morgan fingerprint density at radius 1 is 1.29 bits per heavy atom. The first-order chi connectivity index (χ1) is 6.52. The largest absolute Gasteiger partial charge is 0.464 e. The summed E-state index contributed by atoms with van der Waals surface area (Å²) in [6.07, 6.45) is -1.75. The minimum absolute atomic E-state index is 0.129. The lowest BCUT2D eigenvalue weighted by Crippen LogP contribution is -2.34. The molecule has 6 nitrogen and oxygen atoms in total. The summed E-state index contributed by atoms with van der Waals surface area (Å²) >= 11 is 0. The first-order valence-corrected chi connectivity index (χ1v) is 3.71. The Balaban J connectivity index is 3.06. The van der Waals surface area contributed by atoms with Crippen LogP contribution < -0.4 is 4.90 Å². The van der Waals surface area contributed by atoms with Gasteiger partial charge in [-0.3, -0.25) is 0 Å². The lowest BCUT2D eigenvalue weighted by molar-refractivity contribution is 0.184. The quantitative estimate of drug-likeness (QED) is 0.711. The monoisotopic (exact) mass is 196 g/mol. The third kappa shape index (κ3) is 1.98. The summed E-state index contributed by atoms with van der Waals surface area (Å²) in [6.45, 7) is 1.77. The maximum atomic E-state index is 10.5. The van der Waals surface area contributed by atoms with E-state index in [0.29, 0.717) is 0 Å². The van der Waals surface area contributed by atoms with Crippen LogP contribution in [-0.2, 0) is 0 Å². The highest BCUT2D eigenvalue weighted by molar-refractivity contribution is 6.06. The fourth-order valence-electron chi connectivity index (χ4n) is 0.870. The highest BCUT2D eigenvalue weighted by atomic mass is 16.4. The van der Waals surface area contributed by atoms with Crippen molar-refractivity contribution in [2.24, 2.45) is 0 Å². The number of aromatic nitrogens is 1. The van der Waals surface area contributed by atoms with Gasteiger partial charge >= 0.3 is 12.2 Å². The van der Waals surface area contributed by atoms with Gasteiger partial charge in [0.15, 0.2) is 0 Å². The molecule has 0 saturated heterocycles. The molecular weight excluding hydrogens is 188 g/mol. The normalized spacial score (nSPS) is 9.50. The Kier molecular flexibility index (Phi) is 2.66. The summed E-state index contributed by atoms with van der Waals surface area (Å²) in [6, 6.07) is 2.92. The molecule has 0 spiro atoms. The van der Waals surface area contributed by atoms with Crippen LogP contribution >= 0.6 is 0 Å². The molecule has 14 heavy (non-hydrogen) atoms. The molecule has 6 heteroatoms. The highest BCUT2D eigenvalue weighted by Gasteiger charge is 2.22. The van der Waals surface area contributed by atoms with Crippen LogP contribution in [0.5, 0.6) is 0 Å². The standard InChI is InChI=1S/C8H8N2O4/c1-5-2-3-6(9-4-5)10(7(11)12)8(13)14/h2-4H,1H3,(H,11,12)(H,13,14). The van der Waals surface area contributed by atoms with Crippen molar-refractivity contribution in [2.75, 3.05) is 4.90 Å². The van der Waals surface area contributed by atoms with Gasteiger partial charge in [0.1, 0.15) is 5.82 Å². The van der Waals surface area contributed by atoms with Gasteiger partial charge in [-0.15, -0.1) is 0 Å². The summed E-state index contributed by atoms with van der Waals surface area (Å²) in [5.41, 5.74) is 0.824. The Labute approximate surface area is 79.4 Å². The number of hydrogen-bond donors (Lipinski definition) is 2. The molecule has 0 bridgehead atoms. The third-order valence-corrected chi connectivity index (χ3v) is 1.51. The van der Waals surface area contributed by atoms with Crippen LogP contribution in [0.2, 0.25) is 0 Å². The number of nitrogens with zero attached hydrogens (tertiary/aromatic N) is 2. The van der Waals surface area contributed by atoms with Crippen LogP contribution in [0, 0.1) is 6.92 Å². The Morgan fingerprint density at radius 2 is 1.86 bits per heavy atom. The molecule has 1 aromatic rings. The second-order valence-corrected chi connectivity index (χ2v) is 2.59. The molecule has 1 heterocycles. The molecule has 2 amide bonds. The van der Waals surface area contributed by atoms with Gasteiger partial charge in [0.2, 0.25) is 0 Å². The number of rotatable bonds is 1. The fraction of sp³-hybridized carbons (Fsp3) is 0.125. The average Bonchev–Trinajstić information content (AvgIpc) is 2.07. The van der Waals surface area contributed by atoms with E-state index in [4.69, 9.17) is 10.2 Å². The van der Waals surface area contributed by atoms with E-state index in [2.05, 4.69) is 4.98 Å². The van der Waals surface area contributed by atoms with Crippen molar-refractivity contribution in [3.05, 3.63) is 23.9 Å². The number of imide groups is 1. The molecule has 1 aromatic heterocycles. The smallest absolute Gasteiger partial charge is 0.422 e. The Morgan fingerprint density at radius 3 is 2.21 bits per heavy atom. The molecule has 1 rings (SSSR count). The maximum absolute atomic E-state index is 10.5. The first kappa shape index (κ1) is 9.97. The molecule has 2 N–H and O–H groups in total. The molecule has 0 atom stereocenters. The van der Waals surface area contributed by atoms with Gasteiger partial charge < -0.3 is 10.2 Å². The Bertz CT molecular complexity index is 346. The molecule has 0 aliphatic rings. The summed E-state index contributed by atoms with van der Waals surface area (Å²) in [5, 5.41) is 17.1. The predicted octanol–water partition coefficient (Wildman–Crippen LogP) is 1.55. The summed E-state index contributed by atoms with van der Waals surface area (Å²) in [7, 11) is 0. The van der Waals surface area contributed by atoms with Crippen molar-refractivity contribution < 1.29 is 19.8 Å². The zero-order valence-electron chi connectivity index (χ0n) is 7.34. The van der Waals surface area contributed by atoms with Crippen molar-refractivity contribution >= 4 is 18.0 Å². The van der Waals surface area contributed by atoms with E-state index in [-0.39, 0.29) is 10.7 Å². The molecule has 0 fully saturated rings. The van der Waals surface area contributed by atoms with Crippen LogP contribution in [0.3, 0.4) is 0 Å². The van der Waals surface area contributed by atoms with E-state index in [0.717, 1.165) is 5.56 Å². The van der Waals surface area contributed by atoms with Crippen LogP contribution in [-0.4, -0.2) is 27.4 Å². The lowest BCUT2D eigenvalue weighted by Gasteiger charge is -2.11. The Hall–Kier alpha value is -2.11. The van der Waals surface area contributed by atoms with E-state index in [1.165, 1.54) is 12.3 Å². The average molecular weight is 196 g/mol. The number of hydrogen-bond acceptors (Lipinski definition) is 3. The molecule has 0 aliphatic heterocycles. The van der Waals surface area contributed by atoms with Gasteiger partial charge in [-0.25, -0.2) is 14.6 Å². The van der Waals surface area contributed by atoms with Crippen molar-refractivity contribution in [3.63, 3.8) is 0 Å². The molecule has 0 saturated carbocycles. The van der Waals surface area contributed by atoms with Gasteiger partial charge in [-0.2, -0.15) is 4.90 Å². The van der Waals surface area contributed by atoms with Crippen molar-refractivity contribution in [3.8, 4) is 0 Å². The summed E-state index contributed by atoms with van der Waals surface area (Å²) in [5.74, 6) is -0.129. The van der Waals surface area contributed by atoms with Crippen molar-refractivity contribution in [2.45, 2.75) is 6.92 Å². The maximum Gasteiger partial charge on any atom is 0.422 e. The van der Waals surface area contributed by atoms with Gasteiger partial charge in [0.05, 0.1) is 0 Å². The topological polar surface area (TPSA) is 90.7 Å². The second-order valence-electron chi connectivity index (χ2n) is 2.59. The van der Waals surface area contributed by atoms with Crippen LogP contribution in [0.25, 0.3) is 0 Å². The zero-order chi connectivity index (χ0) is 10.7. The van der Waals surface area contributed by atoms with Gasteiger partial charge in [-0.1, -0.05) is 6.07 Å². The van der Waals surface area contributed by atoms with E-state index >= 15 is 0 Å². The van der Waals surface area contributed by atoms with E-state index in [1.54, 1.807) is 13.0 Å². The van der Waals surface area contributed by atoms with Crippen molar-refractivity contribution in [1.29, 1.82) is 0 Å². The summed E-state index contributed by atoms with van der Waals surface area (Å²) < 4.78 is 0. The van der Waals surface area contributed by atoms with Gasteiger partial charge in [0, 0.05) is 6.20 Å². The molecule has 0 aliphatic carbocycles. The summed E-state index contributed by atoms with van der Waals surface area (Å²) in [4.78, 5) is 24.9. The first-order valence-electron chi connectivity index (χ1n) is 3.71. The van der Waals surface area contributed by atoms with Gasteiger partial charge in [0.25, 0.3) is 0 Å². The molecule has 0 unspecified atom stereocenters. The van der Waals surface area contributed by atoms with E-state index in [1.807, 2.05) is 0 Å². The van der Waals surface area contributed by atoms with Gasteiger partial charge in [-0.05, 0) is 18.6 Å². The molecule has 0 radical (unpaired) electrons. The van der Waals surface area contributed by atoms with E-state index < -0.39 is 12.2 Å². The fourth-order valence-corrected chi connectivity index (χ4v) is 0.870. The van der Waals surface area contributed by atoms with Crippen LogP contribution in [0.4, 0.5) is 15.4 Å². The number of amides is 2. The van der Waals surface area contributed by atoms with Crippen LogP contribution in [0.15, 0.2) is 18.3 Å². The third-order valence-electron chi connectivity index (χ3n) is 1.51. The molecule has 74 valence electrons. The molecular formula is C8H8N2O4. The number of anilines is 1. The lowest BCUT2D eigenvalue weighted by atomic mass is 10.3. The predicted molar refractivity (Wildman–Crippen MR) is 47.5 cm³/mol.